The molecule has 0 unspecified atom stereocenters. The molecule has 172 valence electrons. The van der Waals surface area contributed by atoms with E-state index in [1.54, 1.807) is 30.3 Å². The molecule has 0 fully saturated rings. The van der Waals surface area contributed by atoms with Crippen molar-refractivity contribution < 1.29 is 19.1 Å². The van der Waals surface area contributed by atoms with E-state index < -0.39 is 5.91 Å². The van der Waals surface area contributed by atoms with Crippen LogP contribution in [-0.4, -0.2) is 25.5 Å². The molecule has 0 saturated heterocycles. The number of carbonyl (C=O) groups is 2. The van der Waals surface area contributed by atoms with Crippen LogP contribution in [-0.2, 0) is 9.59 Å². The maximum absolute atomic E-state index is 12.5. The molecule has 0 spiro atoms. The highest BCUT2D eigenvalue weighted by Crippen LogP contribution is 2.29. The van der Waals surface area contributed by atoms with Crippen LogP contribution in [0.4, 0.5) is 11.4 Å². The van der Waals surface area contributed by atoms with Gasteiger partial charge in [-0.1, -0.05) is 30.3 Å². The smallest absolute Gasteiger partial charge is 0.266 e. The number of benzene rings is 3. The lowest BCUT2D eigenvalue weighted by Crippen LogP contribution is -2.20. The molecular weight excluding hydrogens is 430 g/mol. The summed E-state index contributed by atoms with van der Waals surface area (Å²) in [6.07, 6.45) is 1.46. The molecule has 0 aliphatic rings. The molecule has 0 saturated carbocycles. The van der Waals surface area contributed by atoms with Crippen molar-refractivity contribution in [2.45, 2.75) is 13.8 Å². The molecule has 2 amide bonds. The standard InChI is InChI=1S/C27H25N3O4/c1-18-6-4-8-22(12-18)29-26(31)17-34-24-11-10-20(15-25(24)33-3)14-21(16-28)27(32)30-23-9-5-7-19(2)13-23/h4-15H,17H2,1-3H3,(H,29,31)(H,30,32)/b21-14-. The normalized spacial score (nSPS) is 10.7. The van der Waals surface area contributed by atoms with Crippen LogP contribution in [0.15, 0.2) is 72.3 Å². The minimum atomic E-state index is -0.514. The summed E-state index contributed by atoms with van der Waals surface area (Å²) in [6.45, 7) is 3.65. The van der Waals surface area contributed by atoms with Crippen LogP contribution >= 0.6 is 0 Å². The van der Waals surface area contributed by atoms with E-state index in [-0.39, 0.29) is 18.1 Å². The maximum Gasteiger partial charge on any atom is 0.266 e. The van der Waals surface area contributed by atoms with Crippen LogP contribution in [0.1, 0.15) is 16.7 Å². The Morgan fingerprint density at radius 1 is 0.912 bits per heavy atom. The number of nitrogens with one attached hydrogen (secondary N) is 2. The van der Waals surface area contributed by atoms with E-state index >= 15 is 0 Å². The zero-order valence-electron chi connectivity index (χ0n) is 19.2. The Kier molecular flexibility index (Phi) is 8.03. The average molecular weight is 456 g/mol. The van der Waals surface area contributed by atoms with Crippen LogP contribution in [0.3, 0.4) is 0 Å². The number of methoxy groups -OCH3 is 1. The lowest BCUT2D eigenvalue weighted by atomic mass is 10.1. The van der Waals surface area contributed by atoms with E-state index in [1.165, 1.54) is 13.2 Å². The SMILES string of the molecule is COc1cc(/C=C(/C#N)C(=O)Nc2cccc(C)c2)ccc1OCC(=O)Nc1cccc(C)c1. The number of aryl methyl sites for hydroxylation is 2. The van der Waals surface area contributed by atoms with E-state index in [4.69, 9.17) is 9.47 Å². The average Bonchev–Trinajstić information content (AvgIpc) is 2.81. The molecule has 2 N–H and O–H groups in total. The number of anilines is 2. The third-order valence-electron chi connectivity index (χ3n) is 4.80. The molecule has 0 radical (unpaired) electrons. The Morgan fingerprint density at radius 2 is 1.56 bits per heavy atom. The van der Waals surface area contributed by atoms with E-state index in [1.807, 2.05) is 56.3 Å². The van der Waals surface area contributed by atoms with Crippen LogP contribution in [0.25, 0.3) is 6.08 Å². The summed E-state index contributed by atoms with van der Waals surface area (Å²) >= 11 is 0. The predicted octanol–water partition coefficient (Wildman–Crippen LogP) is 4.88. The first-order valence-corrected chi connectivity index (χ1v) is 10.5. The molecule has 3 rings (SSSR count). The van der Waals surface area contributed by atoms with Gasteiger partial charge >= 0.3 is 0 Å². The van der Waals surface area contributed by atoms with Gasteiger partial charge in [0.05, 0.1) is 7.11 Å². The Hall–Kier alpha value is -4.57. The van der Waals surface area contributed by atoms with Crippen LogP contribution in [0.2, 0.25) is 0 Å². The molecule has 0 aliphatic heterocycles. The zero-order valence-corrected chi connectivity index (χ0v) is 19.2. The van der Waals surface area contributed by atoms with Gasteiger partial charge in [0.25, 0.3) is 11.8 Å². The van der Waals surface area contributed by atoms with Crippen molar-refractivity contribution in [3.05, 3.63) is 89.0 Å². The number of ether oxygens (including phenoxy) is 2. The summed E-state index contributed by atoms with van der Waals surface area (Å²) in [7, 11) is 1.47. The third-order valence-corrected chi connectivity index (χ3v) is 4.80. The fourth-order valence-electron chi connectivity index (χ4n) is 3.19. The van der Waals surface area contributed by atoms with Gasteiger partial charge in [0.2, 0.25) is 0 Å². The molecule has 3 aromatic rings. The van der Waals surface area contributed by atoms with Gasteiger partial charge in [0, 0.05) is 11.4 Å². The van der Waals surface area contributed by atoms with Gasteiger partial charge in [-0.05, 0) is 73.0 Å². The Morgan fingerprint density at radius 3 is 2.15 bits per heavy atom. The number of hydrogen-bond acceptors (Lipinski definition) is 5. The van der Waals surface area contributed by atoms with Gasteiger partial charge in [-0.25, -0.2) is 0 Å². The molecule has 0 bridgehead atoms. The van der Waals surface area contributed by atoms with Gasteiger partial charge < -0.3 is 20.1 Å². The minimum Gasteiger partial charge on any atom is -0.493 e. The molecule has 3 aromatic carbocycles. The van der Waals surface area contributed by atoms with Crippen molar-refractivity contribution in [2.24, 2.45) is 0 Å². The van der Waals surface area contributed by atoms with Gasteiger partial charge in [-0.15, -0.1) is 0 Å². The monoisotopic (exact) mass is 455 g/mol. The highest BCUT2D eigenvalue weighted by molar-refractivity contribution is 6.09. The number of rotatable bonds is 8. The van der Waals surface area contributed by atoms with E-state index in [0.29, 0.717) is 28.4 Å². The predicted molar refractivity (Wildman–Crippen MR) is 132 cm³/mol. The van der Waals surface area contributed by atoms with Crippen molar-refractivity contribution in [3.8, 4) is 17.6 Å². The number of hydrogen-bond donors (Lipinski definition) is 2. The second-order valence-electron chi connectivity index (χ2n) is 7.61. The molecule has 0 aliphatic carbocycles. The van der Waals surface area contributed by atoms with Crippen molar-refractivity contribution >= 4 is 29.3 Å². The van der Waals surface area contributed by atoms with E-state index in [9.17, 15) is 14.9 Å². The minimum absolute atomic E-state index is 0.0604. The summed E-state index contributed by atoms with van der Waals surface area (Å²) in [5.74, 6) is -0.0910. The molecule has 0 atom stereocenters. The van der Waals surface area contributed by atoms with Crippen molar-refractivity contribution in [1.29, 1.82) is 5.26 Å². The molecule has 0 aromatic heterocycles. The van der Waals surface area contributed by atoms with Crippen molar-refractivity contribution in [3.63, 3.8) is 0 Å². The van der Waals surface area contributed by atoms with Gasteiger partial charge in [0.1, 0.15) is 11.6 Å². The van der Waals surface area contributed by atoms with Crippen molar-refractivity contribution in [2.75, 3.05) is 24.4 Å². The summed E-state index contributed by atoms with van der Waals surface area (Å²) < 4.78 is 11.0. The fourth-order valence-corrected chi connectivity index (χ4v) is 3.19. The largest absolute Gasteiger partial charge is 0.493 e. The number of carbonyl (C=O) groups excluding carboxylic acids is 2. The first-order chi connectivity index (χ1) is 16.4. The summed E-state index contributed by atoms with van der Waals surface area (Å²) in [5.41, 5.74) is 3.84. The quantitative estimate of drug-likeness (QED) is 0.373. The highest BCUT2D eigenvalue weighted by atomic mass is 16.5. The number of nitrogens with zero attached hydrogens (tertiary/aromatic N) is 1. The van der Waals surface area contributed by atoms with Gasteiger partial charge in [-0.3, -0.25) is 9.59 Å². The lowest BCUT2D eigenvalue weighted by molar-refractivity contribution is -0.118. The summed E-state index contributed by atoms with van der Waals surface area (Å²) in [5, 5.41) is 15.0. The summed E-state index contributed by atoms with van der Waals surface area (Å²) in [4.78, 5) is 24.8. The fraction of sp³-hybridized carbons (Fsp3) is 0.148. The molecule has 7 heteroatoms. The third kappa shape index (κ3) is 6.71. The van der Waals surface area contributed by atoms with E-state index in [2.05, 4.69) is 10.6 Å². The number of nitriles is 1. The van der Waals surface area contributed by atoms with Gasteiger partial charge in [-0.2, -0.15) is 5.26 Å². The maximum atomic E-state index is 12.5. The van der Waals surface area contributed by atoms with Crippen LogP contribution < -0.4 is 20.1 Å². The second kappa shape index (κ2) is 11.3. The highest BCUT2D eigenvalue weighted by Gasteiger charge is 2.12. The van der Waals surface area contributed by atoms with Crippen LogP contribution in [0.5, 0.6) is 11.5 Å². The molecular formula is C27H25N3O4. The Bertz CT molecular complexity index is 1270. The lowest BCUT2D eigenvalue weighted by Gasteiger charge is -2.12. The second-order valence-corrected chi connectivity index (χ2v) is 7.61. The molecule has 0 heterocycles. The Balaban J connectivity index is 1.68. The van der Waals surface area contributed by atoms with Crippen LogP contribution in [0, 0.1) is 25.2 Å². The Labute approximate surface area is 198 Å². The van der Waals surface area contributed by atoms with Crippen molar-refractivity contribution in [1.82, 2.24) is 0 Å². The number of amides is 2. The van der Waals surface area contributed by atoms with E-state index in [0.717, 1.165) is 11.1 Å². The first kappa shape index (κ1) is 24.1. The molecule has 34 heavy (non-hydrogen) atoms. The molecule has 7 nitrogen and oxygen atoms in total. The zero-order chi connectivity index (χ0) is 24.5. The first-order valence-electron chi connectivity index (χ1n) is 10.5. The van der Waals surface area contributed by atoms with Gasteiger partial charge in [0.15, 0.2) is 18.1 Å². The topological polar surface area (TPSA) is 100 Å². The summed E-state index contributed by atoms with van der Waals surface area (Å²) in [6, 6.07) is 21.6.